The molecule has 18 nitrogen and oxygen atoms in total. The Morgan fingerprint density at radius 1 is 1.14 bits per heavy atom. The zero-order valence-corrected chi connectivity index (χ0v) is 34.1. The highest BCUT2D eigenvalue weighted by molar-refractivity contribution is 8.00. The van der Waals surface area contributed by atoms with Crippen LogP contribution in [0, 0.1) is 0 Å². The molecule has 3 aromatic heterocycles. The van der Waals surface area contributed by atoms with Gasteiger partial charge in [0.05, 0.1) is 13.3 Å². The normalized spacial score (nSPS) is 16.8. The molecule has 1 fully saturated rings. The zero-order valence-electron chi connectivity index (χ0n) is 32.4. The summed E-state index contributed by atoms with van der Waals surface area (Å²) in [7, 11) is 3.48. The molecule has 0 bridgehead atoms. The van der Waals surface area contributed by atoms with Gasteiger partial charge in [0, 0.05) is 29.4 Å². The van der Waals surface area contributed by atoms with E-state index < -0.39 is 40.9 Å². The number of oxime groups is 1. The maximum absolute atomic E-state index is 14.0. The molecule has 0 saturated carbocycles. The summed E-state index contributed by atoms with van der Waals surface area (Å²) in [4.78, 5) is 69.5. The van der Waals surface area contributed by atoms with Crippen LogP contribution in [-0.2, 0) is 48.4 Å². The topological polar surface area (TPSA) is 204 Å². The number of carbonyl (C=O) groups excluding carboxylic acids is 4. The van der Waals surface area contributed by atoms with Crippen molar-refractivity contribution in [2.75, 3.05) is 38.4 Å². The number of rotatable bonds is 16. The maximum atomic E-state index is 14.0. The number of hydrogen-bond donors (Lipinski definition) is 3. The largest absolute Gasteiger partial charge is 0.497 e. The van der Waals surface area contributed by atoms with Crippen molar-refractivity contribution < 1.29 is 42.8 Å². The number of imidazole rings is 1. The maximum Gasteiger partial charge on any atom is 0.414 e. The molecule has 2 atom stereocenters. The van der Waals surface area contributed by atoms with Gasteiger partial charge in [0.25, 0.3) is 11.8 Å². The molecule has 57 heavy (non-hydrogen) atoms. The van der Waals surface area contributed by atoms with Crippen molar-refractivity contribution >= 4 is 69.2 Å². The van der Waals surface area contributed by atoms with Crippen molar-refractivity contribution in [3.63, 3.8) is 0 Å². The van der Waals surface area contributed by atoms with E-state index in [0.29, 0.717) is 17.1 Å². The van der Waals surface area contributed by atoms with E-state index in [1.54, 1.807) is 65.4 Å². The van der Waals surface area contributed by atoms with E-state index in [1.807, 2.05) is 29.9 Å². The van der Waals surface area contributed by atoms with E-state index in [4.69, 9.17) is 19.0 Å². The number of β-lactam (4-membered cyclic amide) rings is 1. The van der Waals surface area contributed by atoms with Crippen LogP contribution in [0.2, 0.25) is 0 Å². The SMILES string of the molecule is CCO/N=C(\C(=O)NC1C(=O)N2C(C(=O)OCc3ccc(OC)cc3)=C(C[n+]3cccc4c3ncn4CCCNC)CSC12)c1nsc(NC(=O)OC(C)(C)C)n1. The average Bonchev–Trinajstić information content (AvgIpc) is 3.83. The van der Waals surface area contributed by atoms with Crippen molar-refractivity contribution in [1.82, 2.24) is 34.4 Å². The molecule has 20 heteroatoms. The molecular formula is C37H45N10O8S2+. The molecule has 0 aliphatic carbocycles. The van der Waals surface area contributed by atoms with Crippen LogP contribution in [0.25, 0.3) is 11.2 Å². The van der Waals surface area contributed by atoms with Crippen LogP contribution in [0.5, 0.6) is 5.75 Å². The molecule has 0 spiro atoms. The minimum atomic E-state index is -1.03. The first-order chi connectivity index (χ1) is 27.4. The number of aromatic nitrogens is 5. The standard InChI is InChI=1S/C37H44N10O8S2/c1-7-54-43-26(29-41-35(57-44-29)42-36(51)55-37(2,3)4)31(48)40-27-32(49)47-28(34(50)53-19-22-11-13-24(52-6)14-12-22)23(20-56-33(27)47)18-45-16-8-10-25-30(45)39-21-46(25)17-9-15-38-5/h8,10-14,16,21,27,33,38H,7,9,15,17-20H2,1-6H3,(H-,40,41,42,44,48,51)/p+1/b43-26-. The Bertz CT molecular complexity index is 2180. The van der Waals surface area contributed by atoms with Gasteiger partial charge in [-0.2, -0.15) is 9.36 Å². The monoisotopic (exact) mass is 821 g/mol. The molecule has 1 saturated heterocycles. The number of pyridine rings is 1. The number of benzene rings is 1. The fraction of sp³-hybridized carbons (Fsp3) is 0.432. The molecule has 5 heterocycles. The van der Waals surface area contributed by atoms with E-state index in [1.165, 1.54) is 16.7 Å². The molecule has 3 amide bonds. The fourth-order valence-corrected chi connectivity index (χ4v) is 7.93. The Morgan fingerprint density at radius 2 is 1.93 bits per heavy atom. The Morgan fingerprint density at radius 3 is 2.65 bits per heavy atom. The number of nitrogens with zero attached hydrogens (tertiary/aromatic N) is 7. The Balaban J connectivity index is 1.23. The Hall–Kier alpha value is -5.60. The highest BCUT2D eigenvalue weighted by atomic mass is 32.2. The summed E-state index contributed by atoms with van der Waals surface area (Å²) in [5.41, 5.74) is 2.13. The molecule has 2 aliphatic rings. The number of carbonyl (C=O) groups is 4. The number of ether oxygens (including phenoxy) is 3. The molecule has 2 unspecified atom stereocenters. The molecule has 6 rings (SSSR count). The van der Waals surface area contributed by atoms with Crippen LogP contribution in [0.15, 0.2) is 65.3 Å². The van der Waals surface area contributed by atoms with Gasteiger partial charge >= 0.3 is 17.7 Å². The molecule has 1 aromatic carbocycles. The summed E-state index contributed by atoms with van der Waals surface area (Å²) < 4.78 is 24.5. The lowest BCUT2D eigenvalue weighted by atomic mass is 10.0. The van der Waals surface area contributed by atoms with Crippen LogP contribution in [0.3, 0.4) is 0 Å². The number of thioether (sulfide) groups is 1. The Labute approximate surface area is 337 Å². The highest BCUT2D eigenvalue weighted by Gasteiger charge is 2.55. The van der Waals surface area contributed by atoms with Gasteiger partial charge in [-0.25, -0.2) is 14.2 Å². The molecular weight excluding hydrogens is 777 g/mol. The lowest BCUT2D eigenvalue weighted by Gasteiger charge is -2.49. The van der Waals surface area contributed by atoms with Crippen molar-refractivity contribution in [3.05, 3.63) is 71.6 Å². The minimum absolute atomic E-state index is 0.0397. The lowest BCUT2D eigenvalue weighted by molar-refractivity contribution is -0.664. The number of anilines is 1. The van der Waals surface area contributed by atoms with E-state index in [0.717, 1.165) is 47.8 Å². The van der Waals surface area contributed by atoms with E-state index >= 15 is 0 Å². The summed E-state index contributed by atoms with van der Waals surface area (Å²) in [6.45, 7) is 8.84. The van der Waals surface area contributed by atoms with Gasteiger partial charge in [0.2, 0.25) is 23.0 Å². The van der Waals surface area contributed by atoms with E-state index in [9.17, 15) is 19.2 Å². The van der Waals surface area contributed by atoms with Crippen LogP contribution in [0.1, 0.15) is 45.5 Å². The highest BCUT2D eigenvalue weighted by Crippen LogP contribution is 2.41. The third-order valence-electron chi connectivity index (χ3n) is 8.64. The van der Waals surface area contributed by atoms with Crippen LogP contribution < -0.4 is 25.3 Å². The quantitative estimate of drug-likeness (QED) is 0.0372. The first kappa shape index (κ1) is 41.0. The number of methoxy groups -OCH3 is 1. The summed E-state index contributed by atoms with van der Waals surface area (Å²) in [6.07, 6.45) is 3.86. The van der Waals surface area contributed by atoms with Gasteiger partial charge in [0.1, 0.15) is 53.7 Å². The van der Waals surface area contributed by atoms with Gasteiger partial charge in [-0.05, 0) is 82.5 Å². The predicted octanol–water partition coefficient (Wildman–Crippen LogP) is 2.98. The average molecular weight is 822 g/mol. The number of hydrogen-bond acceptors (Lipinski definition) is 15. The van der Waals surface area contributed by atoms with Gasteiger partial charge < -0.3 is 34.2 Å². The first-order valence-electron chi connectivity index (χ1n) is 18.2. The van der Waals surface area contributed by atoms with Crippen molar-refractivity contribution in [2.45, 2.75) is 70.8 Å². The van der Waals surface area contributed by atoms with Crippen LogP contribution >= 0.6 is 23.3 Å². The van der Waals surface area contributed by atoms with Crippen LogP contribution in [-0.4, -0.2) is 103 Å². The second-order valence-corrected chi connectivity index (χ2v) is 15.7. The third-order valence-corrected chi connectivity index (χ3v) is 10.6. The number of fused-ring (bicyclic) bond motifs is 2. The zero-order chi connectivity index (χ0) is 40.7. The molecule has 2 aliphatic heterocycles. The predicted molar refractivity (Wildman–Crippen MR) is 211 cm³/mol. The second kappa shape index (κ2) is 18.1. The fourth-order valence-electron chi connectivity index (χ4n) is 6.04. The summed E-state index contributed by atoms with van der Waals surface area (Å²) in [5, 5.41) is 11.7. The van der Waals surface area contributed by atoms with Crippen molar-refractivity contribution in [3.8, 4) is 5.75 Å². The Kier molecular flexibility index (Phi) is 13.0. The number of amides is 3. The van der Waals surface area contributed by atoms with Crippen LogP contribution in [0.4, 0.5) is 9.93 Å². The number of esters is 1. The van der Waals surface area contributed by atoms with E-state index in [-0.39, 0.29) is 42.1 Å². The smallest absolute Gasteiger partial charge is 0.414 e. The van der Waals surface area contributed by atoms with Gasteiger partial charge in [-0.15, -0.1) is 11.8 Å². The minimum Gasteiger partial charge on any atom is -0.497 e. The van der Waals surface area contributed by atoms with Gasteiger partial charge in [-0.1, -0.05) is 17.3 Å². The van der Waals surface area contributed by atoms with Crippen molar-refractivity contribution in [2.24, 2.45) is 5.16 Å². The molecule has 3 N–H and O–H groups in total. The number of aryl methyl sites for hydroxylation is 1. The van der Waals surface area contributed by atoms with Crippen molar-refractivity contribution in [1.29, 1.82) is 0 Å². The molecule has 302 valence electrons. The first-order valence-corrected chi connectivity index (χ1v) is 20.0. The third kappa shape index (κ3) is 9.69. The van der Waals surface area contributed by atoms with E-state index in [2.05, 4.69) is 40.0 Å². The van der Waals surface area contributed by atoms with Gasteiger partial charge in [-0.3, -0.25) is 19.8 Å². The molecule has 0 radical (unpaired) electrons. The lowest BCUT2D eigenvalue weighted by Crippen LogP contribution is -2.71. The summed E-state index contributed by atoms with van der Waals surface area (Å²) in [5.74, 6) is -1.08. The number of nitrogens with one attached hydrogen (secondary N) is 3. The van der Waals surface area contributed by atoms with Gasteiger partial charge in [0.15, 0.2) is 0 Å². The summed E-state index contributed by atoms with van der Waals surface area (Å²) >= 11 is 2.21. The second-order valence-electron chi connectivity index (χ2n) is 13.9. The summed E-state index contributed by atoms with van der Waals surface area (Å²) in [6, 6.07) is 10.0. The molecule has 4 aromatic rings.